The second-order valence-electron chi connectivity index (χ2n) is 5.54. The topological polar surface area (TPSA) is 63.3 Å². The van der Waals surface area contributed by atoms with Gasteiger partial charge in [0.2, 0.25) is 0 Å². The van der Waals surface area contributed by atoms with Gasteiger partial charge in [-0.05, 0) is 36.0 Å². The third-order valence-corrected chi connectivity index (χ3v) is 4.16. The fraction of sp³-hybridized carbons (Fsp3) is 0.278. The van der Waals surface area contributed by atoms with E-state index < -0.39 is 0 Å². The van der Waals surface area contributed by atoms with E-state index in [1.54, 1.807) is 0 Å². The van der Waals surface area contributed by atoms with Gasteiger partial charge in [0, 0.05) is 18.5 Å². The van der Waals surface area contributed by atoms with Crippen LogP contribution in [-0.4, -0.2) is 10.9 Å². The van der Waals surface area contributed by atoms with E-state index in [4.69, 9.17) is 5.73 Å². The second kappa shape index (κ2) is 5.70. The van der Waals surface area contributed by atoms with Gasteiger partial charge in [-0.2, -0.15) is 0 Å². The van der Waals surface area contributed by atoms with Crippen molar-refractivity contribution in [3.8, 4) is 5.75 Å². The van der Waals surface area contributed by atoms with Crippen molar-refractivity contribution in [1.82, 2.24) is 0 Å². The van der Waals surface area contributed by atoms with Gasteiger partial charge >= 0.3 is 0 Å². The Morgan fingerprint density at radius 3 is 2.67 bits per heavy atom. The molecular formula is C18H19NO2. The molecule has 1 aliphatic carbocycles. The summed E-state index contributed by atoms with van der Waals surface area (Å²) in [6.45, 7) is 0.255. The number of carbonyl (C=O) groups is 1. The maximum absolute atomic E-state index is 12.7. The van der Waals surface area contributed by atoms with Crippen molar-refractivity contribution in [3.63, 3.8) is 0 Å². The lowest BCUT2D eigenvalue weighted by Crippen LogP contribution is -2.10. The quantitative estimate of drug-likeness (QED) is 0.847. The van der Waals surface area contributed by atoms with E-state index >= 15 is 0 Å². The van der Waals surface area contributed by atoms with E-state index in [1.165, 1.54) is 5.56 Å². The molecule has 0 radical (unpaired) electrons. The fourth-order valence-electron chi connectivity index (χ4n) is 3.12. The Hall–Kier alpha value is -2.13. The van der Waals surface area contributed by atoms with Gasteiger partial charge in [0.1, 0.15) is 5.75 Å². The predicted octanol–water partition coefficient (Wildman–Crippen LogP) is 2.77. The fourth-order valence-corrected chi connectivity index (χ4v) is 3.12. The summed E-state index contributed by atoms with van der Waals surface area (Å²) in [5, 5.41) is 10.4. The number of carbonyl (C=O) groups excluding carboxylic acids is 1. The average Bonchev–Trinajstić information content (AvgIpc) is 2.95. The summed E-state index contributed by atoms with van der Waals surface area (Å²) in [6, 6.07) is 11.6. The summed E-state index contributed by atoms with van der Waals surface area (Å²) < 4.78 is 0. The van der Waals surface area contributed by atoms with E-state index in [0.29, 0.717) is 17.5 Å². The highest BCUT2D eigenvalue weighted by Gasteiger charge is 2.25. The molecule has 0 atom stereocenters. The Bertz CT molecular complexity index is 677. The molecule has 0 unspecified atom stereocenters. The smallest absolute Gasteiger partial charge is 0.171 e. The highest BCUT2D eigenvalue weighted by molar-refractivity contribution is 6.02. The van der Waals surface area contributed by atoms with Crippen LogP contribution >= 0.6 is 0 Å². The number of aromatic hydroxyl groups is 1. The molecule has 0 saturated carbocycles. The zero-order valence-electron chi connectivity index (χ0n) is 11.9. The SMILES string of the molecule is NCc1cc2c(c(C(=O)Cc3ccccc3)c1O)CCC2. The van der Waals surface area contributed by atoms with Gasteiger partial charge in [-0.25, -0.2) is 0 Å². The second-order valence-corrected chi connectivity index (χ2v) is 5.54. The minimum absolute atomic E-state index is 0.0212. The normalized spacial score (nSPS) is 13.2. The van der Waals surface area contributed by atoms with Gasteiger partial charge in [0.05, 0.1) is 5.56 Å². The molecule has 108 valence electrons. The number of benzene rings is 2. The van der Waals surface area contributed by atoms with Gasteiger partial charge in [0.15, 0.2) is 5.78 Å². The van der Waals surface area contributed by atoms with Crippen molar-refractivity contribution in [2.45, 2.75) is 32.2 Å². The first-order valence-electron chi connectivity index (χ1n) is 7.34. The molecule has 1 aliphatic rings. The molecule has 0 aliphatic heterocycles. The third-order valence-electron chi connectivity index (χ3n) is 4.16. The number of nitrogens with two attached hydrogens (primary N) is 1. The van der Waals surface area contributed by atoms with Crippen LogP contribution in [-0.2, 0) is 25.8 Å². The molecule has 0 fully saturated rings. The molecule has 0 heterocycles. The van der Waals surface area contributed by atoms with Gasteiger partial charge in [-0.15, -0.1) is 0 Å². The summed E-state index contributed by atoms with van der Waals surface area (Å²) in [5.74, 6) is 0.0613. The highest BCUT2D eigenvalue weighted by Crippen LogP contribution is 2.35. The van der Waals surface area contributed by atoms with Crippen LogP contribution in [0.2, 0.25) is 0 Å². The van der Waals surface area contributed by atoms with E-state index in [-0.39, 0.29) is 18.1 Å². The Morgan fingerprint density at radius 1 is 1.19 bits per heavy atom. The van der Waals surface area contributed by atoms with Crippen LogP contribution in [0.1, 0.15) is 39.0 Å². The average molecular weight is 281 g/mol. The van der Waals surface area contributed by atoms with Crippen LogP contribution in [0.15, 0.2) is 36.4 Å². The molecule has 0 amide bonds. The number of phenols is 1. The standard InChI is InChI=1S/C18H19NO2/c19-11-14-10-13-7-4-8-15(13)17(18(14)21)16(20)9-12-5-2-1-3-6-12/h1-3,5-6,10,21H,4,7-9,11,19H2. The summed E-state index contributed by atoms with van der Waals surface area (Å²) in [6.07, 6.45) is 3.18. The van der Waals surface area contributed by atoms with Gasteiger partial charge < -0.3 is 10.8 Å². The van der Waals surface area contributed by atoms with Crippen LogP contribution < -0.4 is 5.73 Å². The first-order valence-corrected chi connectivity index (χ1v) is 7.34. The molecule has 21 heavy (non-hydrogen) atoms. The zero-order chi connectivity index (χ0) is 14.8. The predicted molar refractivity (Wildman–Crippen MR) is 82.5 cm³/mol. The summed E-state index contributed by atoms with van der Waals surface area (Å²) >= 11 is 0. The monoisotopic (exact) mass is 281 g/mol. The Balaban J connectivity index is 2.01. The molecule has 0 bridgehead atoms. The molecular weight excluding hydrogens is 262 g/mol. The number of rotatable bonds is 4. The molecule has 3 heteroatoms. The molecule has 3 N–H and O–H groups in total. The Morgan fingerprint density at radius 2 is 1.95 bits per heavy atom. The first kappa shape index (κ1) is 13.8. The van der Waals surface area contributed by atoms with Crippen LogP contribution in [0.25, 0.3) is 0 Å². The Kier molecular flexibility index (Phi) is 3.76. The molecule has 0 spiro atoms. The zero-order valence-corrected chi connectivity index (χ0v) is 11.9. The first-order chi connectivity index (χ1) is 10.2. The maximum atomic E-state index is 12.7. The molecule has 0 aromatic heterocycles. The third kappa shape index (κ3) is 2.57. The number of ketones is 1. The van der Waals surface area contributed by atoms with E-state index in [1.807, 2.05) is 36.4 Å². The van der Waals surface area contributed by atoms with Crippen LogP contribution in [0.4, 0.5) is 0 Å². The van der Waals surface area contributed by atoms with Gasteiger partial charge in [-0.3, -0.25) is 4.79 Å². The van der Waals surface area contributed by atoms with Gasteiger partial charge in [-0.1, -0.05) is 36.4 Å². The molecule has 2 aromatic carbocycles. The number of hydrogen-bond donors (Lipinski definition) is 2. The number of phenolic OH excluding ortho intramolecular Hbond substituents is 1. The number of Topliss-reactive ketones (excluding diaryl/α,β-unsaturated/α-hetero) is 1. The molecule has 3 rings (SSSR count). The Labute approximate surface area is 124 Å². The van der Waals surface area contributed by atoms with Crippen molar-refractivity contribution in [2.24, 2.45) is 5.73 Å². The lowest BCUT2D eigenvalue weighted by Gasteiger charge is -2.14. The van der Waals surface area contributed by atoms with Crippen molar-refractivity contribution in [3.05, 3.63) is 64.2 Å². The van der Waals surface area contributed by atoms with E-state index in [9.17, 15) is 9.90 Å². The minimum Gasteiger partial charge on any atom is -0.507 e. The largest absolute Gasteiger partial charge is 0.507 e. The lowest BCUT2D eigenvalue weighted by atomic mass is 9.92. The van der Waals surface area contributed by atoms with Crippen molar-refractivity contribution >= 4 is 5.78 Å². The lowest BCUT2D eigenvalue weighted by molar-refractivity contribution is 0.0989. The molecule has 2 aromatic rings. The van der Waals surface area contributed by atoms with Crippen LogP contribution in [0, 0.1) is 0 Å². The van der Waals surface area contributed by atoms with Crippen molar-refractivity contribution in [2.75, 3.05) is 0 Å². The number of fused-ring (bicyclic) bond motifs is 1. The highest BCUT2D eigenvalue weighted by atomic mass is 16.3. The summed E-state index contributed by atoms with van der Waals surface area (Å²) in [4.78, 5) is 12.7. The minimum atomic E-state index is -0.0212. The summed E-state index contributed by atoms with van der Waals surface area (Å²) in [7, 11) is 0. The molecule has 0 saturated heterocycles. The van der Waals surface area contributed by atoms with E-state index in [0.717, 1.165) is 30.4 Å². The maximum Gasteiger partial charge on any atom is 0.171 e. The summed E-state index contributed by atoms with van der Waals surface area (Å²) in [5.41, 5.74) is 10.0. The van der Waals surface area contributed by atoms with Gasteiger partial charge in [0.25, 0.3) is 0 Å². The van der Waals surface area contributed by atoms with Crippen molar-refractivity contribution < 1.29 is 9.90 Å². The number of hydrogen-bond acceptors (Lipinski definition) is 3. The van der Waals surface area contributed by atoms with E-state index in [2.05, 4.69) is 0 Å². The van der Waals surface area contributed by atoms with Crippen LogP contribution in [0.5, 0.6) is 5.75 Å². The van der Waals surface area contributed by atoms with Crippen molar-refractivity contribution in [1.29, 1.82) is 0 Å². The number of aryl methyl sites for hydroxylation is 1. The van der Waals surface area contributed by atoms with Crippen LogP contribution in [0.3, 0.4) is 0 Å². The molecule has 3 nitrogen and oxygen atoms in total.